The molecule has 2 aromatic carbocycles. The number of ether oxygens (including phenoxy) is 2. The average molecular weight is 707 g/mol. The van der Waals surface area contributed by atoms with E-state index >= 15 is 0 Å². The number of hydrogen-bond donors (Lipinski definition) is 2. The van der Waals surface area contributed by atoms with E-state index in [1.807, 2.05) is 79.7 Å². The molecule has 11 heteroatoms. The first kappa shape index (κ1) is 33.1. The number of aliphatic hydroxyl groups is 1. The predicted molar refractivity (Wildman–Crippen MR) is 177 cm³/mol. The molecule has 10 nitrogen and oxygen atoms in total. The van der Waals surface area contributed by atoms with E-state index in [0.717, 1.165) is 18.4 Å². The fraction of sp³-hybridized carbons (Fsp3) is 0.444. The van der Waals surface area contributed by atoms with Crippen molar-refractivity contribution in [2.45, 2.75) is 62.4 Å². The van der Waals surface area contributed by atoms with Crippen LogP contribution >= 0.6 is 15.9 Å². The van der Waals surface area contributed by atoms with Crippen molar-refractivity contribution in [1.82, 2.24) is 15.1 Å². The molecule has 0 aromatic heterocycles. The topological polar surface area (TPSA) is 125 Å². The smallest absolute Gasteiger partial charge is 0.306 e. The largest absolute Gasteiger partial charge is 0.463 e. The molecule has 2 aromatic rings. The number of amides is 3. The number of fused-ring (bicyclic) bond motifs is 2. The number of nitrogens with one attached hydrogen (secondary N) is 1. The van der Waals surface area contributed by atoms with E-state index < -0.39 is 66.1 Å². The molecule has 4 aliphatic heterocycles. The van der Waals surface area contributed by atoms with Crippen molar-refractivity contribution in [3.8, 4) is 0 Å². The lowest BCUT2D eigenvalue weighted by Crippen LogP contribution is -2.57. The highest BCUT2D eigenvalue weighted by molar-refractivity contribution is 9.11. The molecule has 2 N–H and O–H groups in total. The number of carbonyl (C=O) groups excluding carboxylic acids is 4. The van der Waals surface area contributed by atoms with Gasteiger partial charge in [-0.15, -0.1) is 0 Å². The van der Waals surface area contributed by atoms with Crippen LogP contribution in [0.3, 0.4) is 0 Å². The second-order valence-electron chi connectivity index (χ2n) is 12.5. The van der Waals surface area contributed by atoms with E-state index in [9.17, 15) is 24.3 Å². The Labute approximate surface area is 282 Å². The molecule has 7 atom stereocenters. The third-order valence-electron chi connectivity index (χ3n) is 9.62. The van der Waals surface area contributed by atoms with Crippen molar-refractivity contribution in [2.24, 2.45) is 11.8 Å². The molecule has 1 spiro atoms. The highest BCUT2D eigenvalue weighted by Gasteiger charge is 2.75. The van der Waals surface area contributed by atoms with Gasteiger partial charge in [0.15, 0.2) is 0 Å². The zero-order valence-corrected chi connectivity index (χ0v) is 27.9. The van der Waals surface area contributed by atoms with Gasteiger partial charge >= 0.3 is 5.97 Å². The third-order valence-corrected chi connectivity index (χ3v) is 10.3. The predicted octanol–water partition coefficient (Wildman–Crippen LogP) is 3.97. The fourth-order valence-corrected chi connectivity index (χ4v) is 8.09. The molecule has 0 unspecified atom stereocenters. The van der Waals surface area contributed by atoms with Crippen LogP contribution in [0.15, 0.2) is 83.4 Å². The number of allylic oxidation sites excluding steroid dienone is 1. The van der Waals surface area contributed by atoms with Crippen LogP contribution in [0.2, 0.25) is 0 Å². The molecule has 2 fully saturated rings. The summed E-state index contributed by atoms with van der Waals surface area (Å²) in [6, 6.07) is 15.7. The van der Waals surface area contributed by atoms with E-state index in [-0.39, 0.29) is 25.5 Å². The number of aliphatic hydroxyl groups excluding tert-OH is 1. The zero-order valence-electron chi connectivity index (χ0n) is 26.3. The molecular weight excluding hydrogens is 666 g/mol. The minimum atomic E-state index is -1.45. The molecule has 2 saturated heterocycles. The van der Waals surface area contributed by atoms with Crippen LogP contribution in [-0.4, -0.2) is 82.6 Å². The minimum Gasteiger partial charge on any atom is -0.463 e. The summed E-state index contributed by atoms with van der Waals surface area (Å²) in [5.74, 6) is -3.62. The Hall–Kier alpha value is -3.80. The third kappa shape index (κ3) is 6.16. The van der Waals surface area contributed by atoms with Gasteiger partial charge in [-0.1, -0.05) is 102 Å². The Morgan fingerprint density at radius 2 is 1.74 bits per heavy atom. The molecule has 47 heavy (non-hydrogen) atoms. The Bertz CT molecular complexity index is 1550. The Morgan fingerprint density at radius 3 is 2.45 bits per heavy atom. The van der Waals surface area contributed by atoms with Gasteiger partial charge in [-0.25, -0.2) is 0 Å². The Morgan fingerprint density at radius 1 is 1.02 bits per heavy atom. The maximum atomic E-state index is 14.8. The van der Waals surface area contributed by atoms with Gasteiger partial charge in [0.1, 0.15) is 24.4 Å². The van der Waals surface area contributed by atoms with Gasteiger partial charge in [0.2, 0.25) is 17.7 Å². The van der Waals surface area contributed by atoms with Crippen molar-refractivity contribution in [3.63, 3.8) is 0 Å². The molecule has 3 amide bonds. The van der Waals surface area contributed by atoms with E-state index in [0.29, 0.717) is 23.0 Å². The molecule has 5 bridgehead atoms. The van der Waals surface area contributed by atoms with Gasteiger partial charge in [0.05, 0.1) is 30.5 Å². The van der Waals surface area contributed by atoms with Gasteiger partial charge in [-0.2, -0.15) is 0 Å². The van der Waals surface area contributed by atoms with Crippen LogP contribution in [0.25, 0.3) is 0 Å². The van der Waals surface area contributed by atoms with Crippen molar-refractivity contribution in [1.29, 1.82) is 0 Å². The number of halogens is 1. The van der Waals surface area contributed by atoms with Crippen LogP contribution in [0, 0.1) is 11.8 Å². The van der Waals surface area contributed by atoms with Crippen molar-refractivity contribution in [2.75, 3.05) is 26.3 Å². The first-order valence-electron chi connectivity index (χ1n) is 16.3. The number of rotatable bonds is 7. The molecule has 0 aliphatic carbocycles. The van der Waals surface area contributed by atoms with E-state index in [2.05, 4.69) is 21.2 Å². The maximum absolute atomic E-state index is 14.8. The minimum absolute atomic E-state index is 0.0874. The van der Waals surface area contributed by atoms with Crippen molar-refractivity contribution >= 4 is 39.6 Å². The van der Waals surface area contributed by atoms with E-state index in [1.165, 1.54) is 4.90 Å². The average Bonchev–Trinajstić information content (AvgIpc) is 3.68. The molecule has 4 heterocycles. The SMILES string of the molecule is CCCCN1C/C=C\CCC(=O)OC[C@H](c2ccccc2)NC(=O)[C@H]2[C@@H]3O[C@@]4(C=C3Br)[C@@H]2C(=O)N([C@H](CO)c2ccccc2)[C@@H]4C1=O. The number of carbonyl (C=O) groups is 4. The highest BCUT2D eigenvalue weighted by Crippen LogP contribution is 2.60. The fourth-order valence-electron chi connectivity index (χ4n) is 7.36. The number of esters is 1. The number of likely N-dealkylation sites (tertiary alicyclic amines) is 1. The quantitative estimate of drug-likeness (QED) is 0.330. The van der Waals surface area contributed by atoms with Crippen LogP contribution < -0.4 is 5.32 Å². The lowest BCUT2D eigenvalue weighted by Gasteiger charge is -2.39. The van der Waals surface area contributed by atoms with Crippen molar-refractivity contribution < 1.29 is 33.8 Å². The molecular formula is C36H40BrN3O7. The zero-order chi connectivity index (χ0) is 33.1. The van der Waals surface area contributed by atoms with Gasteiger partial charge in [0, 0.05) is 24.0 Å². The van der Waals surface area contributed by atoms with Gasteiger partial charge in [-0.05, 0) is 30.0 Å². The second-order valence-corrected chi connectivity index (χ2v) is 13.4. The lowest BCUT2D eigenvalue weighted by molar-refractivity contribution is -0.150. The van der Waals surface area contributed by atoms with Crippen molar-refractivity contribution in [3.05, 3.63) is 94.5 Å². The number of benzene rings is 2. The molecule has 248 valence electrons. The first-order valence-corrected chi connectivity index (χ1v) is 17.1. The van der Waals surface area contributed by atoms with Crippen LogP contribution in [0.5, 0.6) is 0 Å². The summed E-state index contributed by atoms with van der Waals surface area (Å²) in [5, 5.41) is 13.8. The number of cyclic esters (lactones) is 1. The number of hydrogen-bond acceptors (Lipinski definition) is 7. The summed E-state index contributed by atoms with van der Waals surface area (Å²) >= 11 is 3.61. The Kier molecular flexibility index (Phi) is 9.96. The van der Waals surface area contributed by atoms with Crippen LogP contribution in [0.1, 0.15) is 55.8 Å². The maximum Gasteiger partial charge on any atom is 0.306 e. The van der Waals surface area contributed by atoms with Gasteiger partial charge in [0.25, 0.3) is 0 Å². The first-order chi connectivity index (χ1) is 22.8. The number of unbranched alkanes of at least 4 members (excludes halogenated alkanes) is 1. The van der Waals surface area contributed by atoms with E-state index in [1.54, 1.807) is 11.0 Å². The normalized spacial score (nSPS) is 30.9. The summed E-state index contributed by atoms with van der Waals surface area (Å²) in [5.41, 5.74) is -0.0360. The summed E-state index contributed by atoms with van der Waals surface area (Å²) < 4.78 is 12.9. The summed E-state index contributed by atoms with van der Waals surface area (Å²) in [7, 11) is 0. The lowest BCUT2D eigenvalue weighted by atomic mass is 9.74. The molecule has 6 rings (SSSR count). The molecule has 0 saturated carbocycles. The Balaban J connectivity index is 1.47. The standard InChI is InChI=1S/C36H40BrN3O7/c1-2-3-18-39-19-12-6-11-17-28(42)46-22-26(23-13-7-4-8-14-23)38-33(43)29-30-34(44)40(27(21-41)24-15-9-5-10-16-24)32(35(39)45)36(30)20-25(37)31(29)47-36/h4-10,12-16,20,26-27,29-32,41H,2-3,11,17-19,21-22H2,1H3,(H,38,43)/b12-6-/t26-,27-,29-,30+,31-,32-,36+/m1/s1. The monoisotopic (exact) mass is 705 g/mol. The summed E-state index contributed by atoms with van der Waals surface area (Å²) in [6.45, 7) is 2.22. The van der Waals surface area contributed by atoms with Crippen LogP contribution in [-0.2, 0) is 28.7 Å². The van der Waals surface area contributed by atoms with Gasteiger partial charge < -0.3 is 29.7 Å². The van der Waals surface area contributed by atoms with E-state index in [4.69, 9.17) is 9.47 Å². The summed E-state index contributed by atoms with van der Waals surface area (Å²) in [4.78, 5) is 59.8. The second kappa shape index (κ2) is 14.1. The highest BCUT2D eigenvalue weighted by atomic mass is 79.9. The van der Waals surface area contributed by atoms with Gasteiger partial charge in [-0.3, -0.25) is 19.2 Å². The van der Waals surface area contributed by atoms with Crippen LogP contribution in [0.4, 0.5) is 0 Å². The molecule has 4 aliphatic rings. The summed E-state index contributed by atoms with van der Waals surface area (Å²) in [6.07, 6.45) is 6.84. The number of nitrogens with zero attached hydrogens (tertiary/aromatic N) is 2. The molecule has 0 radical (unpaired) electrons.